The van der Waals surface area contributed by atoms with Crippen LogP contribution in [0.2, 0.25) is 0 Å². The van der Waals surface area contributed by atoms with Crippen LogP contribution in [0.3, 0.4) is 0 Å². The van der Waals surface area contributed by atoms with Crippen molar-refractivity contribution in [1.82, 2.24) is 4.90 Å². The molecule has 2 aromatic rings. The van der Waals surface area contributed by atoms with Crippen LogP contribution < -0.4 is 0 Å². The van der Waals surface area contributed by atoms with Gasteiger partial charge in [0.05, 0.1) is 5.38 Å². The third-order valence-corrected chi connectivity index (χ3v) is 3.05. The fourth-order valence-corrected chi connectivity index (χ4v) is 1.92. The maximum atomic E-state index is 12.2. The number of amides is 1. The van der Waals surface area contributed by atoms with E-state index in [-0.39, 0.29) is 11.3 Å². The van der Waals surface area contributed by atoms with Crippen LogP contribution in [0.25, 0.3) is 0 Å². The van der Waals surface area contributed by atoms with Crippen LogP contribution in [0.15, 0.2) is 46.9 Å². The zero-order valence-electron chi connectivity index (χ0n) is 11.0. The predicted molar refractivity (Wildman–Crippen MR) is 75.2 cm³/mol. The number of hydrogen-bond acceptors (Lipinski definition) is 2. The van der Waals surface area contributed by atoms with Gasteiger partial charge < -0.3 is 9.32 Å². The van der Waals surface area contributed by atoms with E-state index in [9.17, 15) is 4.79 Å². The van der Waals surface area contributed by atoms with Crippen molar-refractivity contribution in [3.05, 3.63) is 59.5 Å². The monoisotopic (exact) mass is 277 g/mol. The lowest BCUT2D eigenvalue weighted by molar-refractivity contribution is 0.0751. The van der Waals surface area contributed by atoms with Gasteiger partial charge in [0.15, 0.2) is 5.76 Å². The van der Waals surface area contributed by atoms with Gasteiger partial charge in [-0.3, -0.25) is 4.79 Å². The highest BCUT2D eigenvalue weighted by Crippen LogP contribution is 2.22. The van der Waals surface area contributed by atoms with E-state index in [1.165, 1.54) is 0 Å². The molecule has 3 nitrogen and oxygen atoms in total. The smallest absolute Gasteiger partial charge is 0.289 e. The number of halogens is 1. The van der Waals surface area contributed by atoms with Crippen LogP contribution in [0.4, 0.5) is 0 Å². The highest BCUT2D eigenvalue weighted by Gasteiger charge is 2.17. The summed E-state index contributed by atoms with van der Waals surface area (Å²) in [5.41, 5.74) is 1.08. The molecule has 0 aliphatic heterocycles. The number of alkyl halides is 1. The zero-order valence-corrected chi connectivity index (χ0v) is 11.7. The first kappa shape index (κ1) is 13.7. The molecule has 0 bridgehead atoms. The van der Waals surface area contributed by atoms with Crippen molar-refractivity contribution in [2.24, 2.45) is 0 Å². The highest BCUT2D eigenvalue weighted by molar-refractivity contribution is 6.20. The molecule has 0 saturated heterocycles. The second kappa shape index (κ2) is 5.93. The van der Waals surface area contributed by atoms with Gasteiger partial charge in [0.2, 0.25) is 0 Å². The maximum absolute atomic E-state index is 12.2. The van der Waals surface area contributed by atoms with Crippen LogP contribution >= 0.6 is 11.6 Å². The summed E-state index contributed by atoms with van der Waals surface area (Å²) >= 11 is 5.91. The van der Waals surface area contributed by atoms with Gasteiger partial charge in [-0.2, -0.15) is 0 Å². The average Bonchev–Trinajstić information content (AvgIpc) is 2.88. The van der Waals surface area contributed by atoms with Gasteiger partial charge in [-0.05, 0) is 24.6 Å². The molecule has 0 aliphatic carbocycles. The molecule has 100 valence electrons. The summed E-state index contributed by atoms with van der Waals surface area (Å²) in [7, 11) is 1.75. The largest absolute Gasteiger partial charge is 0.454 e. The molecule has 1 unspecified atom stereocenters. The minimum atomic E-state index is -0.235. The molecule has 0 N–H and O–H groups in total. The van der Waals surface area contributed by atoms with Crippen molar-refractivity contribution in [3.8, 4) is 0 Å². The van der Waals surface area contributed by atoms with E-state index >= 15 is 0 Å². The molecule has 0 aliphatic rings. The summed E-state index contributed by atoms with van der Waals surface area (Å²) in [4.78, 5) is 13.8. The predicted octanol–water partition coefficient (Wildman–Crippen LogP) is 3.85. The van der Waals surface area contributed by atoms with E-state index in [1.54, 1.807) is 24.1 Å². The Morgan fingerprint density at radius 1 is 1.26 bits per heavy atom. The Labute approximate surface area is 117 Å². The first-order valence-corrected chi connectivity index (χ1v) is 6.55. The van der Waals surface area contributed by atoms with Crippen LogP contribution in [0.1, 0.15) is 34.2 Å². The summed E-state index contributed by atoms with van der Waals surface area (Å²) in [6, 6.07) is 13.2. The molecule has 1 aromatic carbocycles. The molecule has 1 amide bonds. The normalized spacial score (nSPS) is 12.2. The molecule has 0 fully saturated rings. The minimum Gasteiger partial charge on any atom is -0.454 e. The molecular formula is C15H16ClNO2. The van der Waals surface area contributed by atoms with Gasteiger partial charge in [0.25, 0.3) is 5.91 Å². The fraction of sp³-hybridized carbons (Fsp3) is 0.267. The Morgan fingerprint density at radius 2 is 1.95 bits per heavy atom. The molecule has 19 heavy (non-hydrogen) atoms. The Balaban J connectivity index is 2.06. The molecular weight excluding hydrogens is 262 g/mol. The van der Waals surface area contributed by atoms with Gasteiger partial charge >= 0.3 is 0 Å². The lowest BCUT2D eigenvalue weighted by atomic mass is 10.2. The summed E-state index contributed by atoms with van der Waals surface area (Å²) in [6.07, 6.45) is 0. The van der Waals surface area contributed by atoms with E-state index in [1.807, 2.05) is 37.3 Å². The van der Waals surface area contributed by atoms with Gasteiger partial charge in [0, 0.05) is 13.6 Å². The van der Waals surface area contributed by atoms with Gasteiger partial charge in [-0.15, -0.1) is 11.6 Å². The second-order valence-electron chi connectivity index (χ2n) is 4.46. The SMILES string of the molecule is CC(Cl)c1ccc(C(=O)N(C)Cc2ccccc2)o1. The van der Waals surface area contributed by atoms with Crippen molar-refractivity contribution in [1.29, 1.82) is 0 Å². The number of carbonyl (C=O) groups excluding carboxylic acids is 1. The zero-order chi connectivity index (χ0) is 13.8. The summed E-state index contributed by atoms with van der Waals surface area (Å²) in [6.45, 7) is 2.36. The molecule has 0 saturated carbocycles. The van der Waals surface area contributed by atoms with Crippen molar-refractivity contribution >= 4 is 17.5 Å². The summed E-state index contributed by atoms with van der Waals surface area (Å²) in [5.74, 6) is 0.784. The second-order valence-corrected chi connectivity index (χ2v) is 5.12. The molecule has 2 rings (SSSR count). The Kier molecular flexibility index (Phi) is 4.27. The third kappa shape index (κ3) is 3.38. The number of hydrogen-bond donors (Lipinski definition) is 0. The van der Waals surface area contributed by atoms with Gasteiger partial charge in [-0.1, -0.05) is 30.3 Å². The molecule has 0 spiro atoms. The molecule has 1 aromatic heterocycles. The van der Waals surface area contributed by atoms with Crippen LogP contribution in [0, 0.1) is 0 Å². The number of benzene rings is 1. The van der Waals surface area contributed by atoms with Gasteiger partial charge in [0.1, 0.15) is 5.76 Å². The fourth-order valence-electron chi connectivity index (χ4n) is 1.80. The first-order chi connectivity index (χ1) is 9.08. The third-order valence-electron chi connectivity index (χ3n) is 2.84. The van der Waals surface area contributed by atoms with E-state index in [2.05, 4.69) is 0 Å². The Morgan fingerprint density at radius 3 is 2.53 bits per heavy atom. The minimum absolute atomic E-state index is 0.146. The summed E-state index contributed by atoms with van der Waals surface area (Å²) < 4.78 is 5.44. The standard InChI is InChI=1S/C15H16ClNO2/c1-11(16)13-8-9-14(19-13)15(18)17(2)10-12-6-4-3-5-7-12/h3-9,11H,10H2,1-2H3. The quantitative estimate of drug-likeness (QED) is 0.795. The summed E-state index contributed by atoms with van der Waals surface area (Å²) in [5, 5.41) is -0.235. The highest BCUT2D eigenvalue weighted by atomic mass is 35.5. The molecule has 1 atom stereocenters. The van der Waals surface area contributed by atoms with Crippen LogP contribution in [-0.4, -0.2) is 17.9 Å². The van der Waals surface area contributed by atoms with Gasteiger partial charge in [-0.25, -0.2) is 0 Å². The average molecular weight is 278 g/mol. The van der Waals surface area contributed by atoms with E-state index in [4.69, 9.17) is 16.0 Å². The van der Waals surface area contributed by atoms with Crippen LogP contribution in [0.5, 0.6) is 0 Å². The number of carbonyl (C=O) groups is 1. The van der Waals surface area contributed by atoms with E-state index in [0.29, 0.717) is 18.1 Å². The van der Waals surface area contributed by atoms with Crippen molar-refractivity contribution < 1.29 is 9.21 Å². The maximum Gasteiger partial charge on any atom is 0.289 e. The van der Waals surface area contributed by atoms with Crippen molar-refractivity contribution in [2.75, 3.05) is 7.05 Å². The van der Waals surface area contributed by atoms with Crippen LogP contribution in [-0.2, 0) is 6.54 Å². The first-order valence-electron chi connectivity index (χ1n) is 6.11. The van der Waals surface area contributed by atoms with E-state index < -0.39 is 0 Å². The number of rotatable bonds is 4. The topological polar surface area (TPSA) is 33.5 Å². The van der Waals surface area contributed by atoms with E-state index in [0.717, 1.165) is 5.56 Å². The number of nitrogens with zero attached hydrogens (tertiary/aromatic N) is 1. The van der Waals surface area contributed by atoms with Crippen molar-refractivity contribution in [3.63, 3.8) is 0 Å². The molecule has 0 radical (unpaired) electrons. The lowest BCUT2D eigenvalue weighted by Gasteiger charge is -2.15. The van der Waals surface area contributed by atoms with Crippen molar-refractivity contribution in [2.45, 2.75) is 18.8 Å². The Bertz CT molecular complexity index is 548. The lowest BCUT2D eigenvalue weighted by Crippen LogP contribution is -2.25. The molecule has 1 heterocycles. The number of furan rings is 1. The Hall–Kier alpha value is -1.74. The molecule has 4 heteroatoms.